The quantitative estimate of drug-likeness (QED) is 0.876. The number of hydrogen-bond donors (Lipinski definition) is 2. The van der Waals surface area contributed by atoms with Crippen molar-refractivity contribution in [2.75, 3.05) is 31.5 Å². The number of nitrogens with one attached hydrogen (secondary N) is 2. The van der Waals surface area contributed by atoms with Crippen molar-refractivity contribution in [3.63, 3.8) is 0 Å². The Kier molecular flexibility index (Phi) is 4.80. The Balaban J connectivity index is 2.15. The molecule has 1 saturated heterocycles. The lowest BCUT2D eigenvalue weighted by Crippen LogP contribution is -2.48. The van der Waals surface area contributed by atoms with Gasteiger partial charge in [0.15, 0.2) is 0 Å². The average molecular weight is 261 g/mol. The minimum atomic E-state index is 0.0251. The minimum Gasteiger partial charge on any atom is -0.322 e. The summed E-state index contributed by atoms with van der Waals surface area (Å²) in [5.41, 5.74) is 3.43. The van der Waals surface area contributed by atoms with Crippen molar-refractivity contribution in [2.45, 2.75) is 26.7 Å². The summed E-state index contributed by atoms with van der Waals surface area (Å²) in [6, 6.07) is 6.27. The molecule has 4 nitrogen and oxygen atoms in total. The van der Waals surface area contributed by atoms with E-state index in [9.17, 15) is 4.79 Å². The maximum absolute atomic E-state index is 12.3. The van der Waals surface area contributed by atoms with Crippen LogP contribution in [0.25, 0.3) is 0 Å². The van der Waals surface area contributed by atoms with Crippen LogP contribution < -0.4 is 10.6 Å². The number of carbonyl (C=O) groups excluding carboxylic acids is 1. The second-order valence-electron chi connectivity index (χ2n) is 4.83. The summed E-state index contributed by atoms with van der Waals surface area (Å²) in [7, 11) is 0. The SMILES string of the molecule is CCc1cccc(CC)c1NC(=O)N1CCNCC1. The molecule has 1 aromatic carbocycles. The number of para-hydroxylation sites is 1. The molecule has 0 radical (unpaired) electrons. The standard InChI is InChI=1S/C15H23N3O/c1-3-12-6-5-7-13(4-2)14(12)17-15(19)18-10-8-16-9-11-18/h5-7,16H,3-4,8-11H2,1-2H3,(H,17,19). The van der Waals surface area contributed by atoms with Gasteiger partial charge in [-0.2, -0.15) is 0 Å². The van der Waals surface area contributed by atoms with E-state index in [0.29, 0.717) is 0 Å². The fourth-order valence-corrected chi connectivity index (χ4v) is 2.46. The number of urea groups is 1. The summed E-state index contributed by atoms with van der Waals surface area (Å²) in [5, 5.41) is 6.37. The van der Waals surface area contributed by atoms with Gasteiger partial charge in [0, 0.05) is 31.9 Å². The van der Waals surface area contributed by atoms with Gasteiger partial charge in [-0.15, -0.1) is 0 Å². The van der Waals surface area contributed by atoms with E-state index in [1.54, 1.807) is 0 Å². The first-order valence-corrected chi connectivity index (χ1v) is 7.13. The van der Waals surface area contributed by atoms with Gasteiger partial charge in [-0.05, 0) is 24.0 Å². The zero-order valence-electron chi connectivity index (χ0n) is 11.8. The number of piperazine rings is 1. The maximum atomic E-state index is 12.3. The zero-order valence-corrected chi connectivity index (χ0v) is 11.8. The molecule has 104 valence electrons. The second kappa shape index (κ2) is 6.57. The van der Waals surface area contributed by atoms with Crippen LogP contribution in [-0.2, 0) is 12.8 Å². The molecular weight excluding hydrogens is 238 g/mol. The summed E-state index contributed by atoms with van der Waals surface area (Å²) in [6.45, 7) is 7.56. The van der Waals surface area contributed by atoms with Crippen LogP contribution in [0.1, 0.15) is 25.0 Å². The van der Waals surface area contributed by atoms with E-state index < -0.39 is 0 Å². The molecule has 1 fully saturated rings. The fraction of sp³-hybridized carbons (Fsp3) is 0.533. The van der Waals surface area contributed by atoms with E-state index >= 15 is 0 Å². The first-order valence-electron chi connectivity index (χ1n) is 7.13. The molecule has 0 aliphatic carbocycles. The highest BCUT2D eigenvalue weighted by molar-refractivity contribution is 5.91. The van der Waals surface area contributed by atoms with Gasteiger partial charge in [0.2, 0.25) is 0 Å². The van der Waals surface area contributed by atoms with Crippen LogP contribution in [0.3, 0.4) is 0 Å². The molecule has 0 spiro atoms. The molecule has 19 heavy (non-hydrogen) atoms. The Hall–Kier alpha value is -1.55. The van der Waals surface area contributed by atoms with Crippen LogP contribution in [0.5, 0.6) is 0 Å². The number of aryl methyl sites for hydroxylation is 2. The lowest BCUT2D eigenvalue weighted by Gasteiger charge is -2.28. The predicted octanol–water partition coefficient (Wildman–Crippen LogP) is 2.25. The number of nitrogens with zero attached hydrogens (tertiary/aromatic N) is 1. The van der Waals surface area contributed by atoms with Gasteiger partial charge in [0.05, 0.1) is 0 Å². The molecule has 0 aromatic heterocycles. The molecular formula is C15H23N3O. The molecule has 0 unspecified atom stereocenters. The third-order valence-corrected chi connectivity index (χ3v) is 3.63. The highest BCUT2D eigenvalue weighted by Gasteiger charge is 2.18. The summed E-state index contributed by atoms with van der Waals surface area (Å²) in [5.74, 6) is 0. The Morgan fingerprint density at radius 3 is 2.32 bits per heavy atom. The van der Waals surface area contributed by atoms with E-state index in [0.717, 1.165) is 44.7 Å². The molecule has 1 heterocycles. The molecule has 1 aliphatic heterocycles. The highest BCUT2D eigenvalue weighted by Crippen LogP contribution is 2.23. The predicted molar refractivity (Wildman–Crippen MR) is 78.7 cm³/mol. The van der Waals surface area contributed by atoms with Gasteiger partial charge in [0.1, 0.15) is 0 Å². The lowest BCUT2D eigenvalue weighted by molar-refractivity contribution is 0.204. The van der Waals surface area contributed by atoms with E-state index in [4.69, 9.17) is 0 Å². The fourth-order valence-electron chi connectivity index (χ4n) is 2.46. The van der Waals surface area contributed by atoms with Crippen LogP contribution >= 0.6 is 0 Å². The van der Waals surface area contributed by atoms with Crippen LogP contribution in [-0.4, -0.2) is 37.1 Å². The Bertz CT molecular complexity index is 417. The number of benzene rings is 1. The van der Waals surface area contributed by atoms with Gasteiger partial charge >= 0.3 is 6.03 Å². The van der Waals surface area contributed by atoms with Crippen LogP contribution in [0.15, 0.2) is 18.2 Å². The average Bonchev–Trinajstić information content (AvgIpc) is 2.48. The van der Waals surface area contributed by atoms with Crippen molar-refractivity contribution in [1.82, 2.24) is 10.2 Å². The first kappa shape index (κ1) is 13.9. The number of anilines is 1. The van der Waals surface area contributed by atoms with Crippen molar-refractivity contribution < 1.29 is 4.79 Å². The topological polar surface area (TPSA) is 44.4 Å². The Morgan fingerprint density at radius 2 is 1.79 bits per heavy atom. The molecule has 0 atom stereocenters. The Morgan fingerprint density at radius 1 is 1.21 bits per heavy atom. The third kappa shape index (κ3) is 3.26. The van der Waals surface area contributed by atoms with Gasteiger partial charge in [-0.3, -0.25) is 0 Å². The highest BCUT2D eigenvalue weighted by atomic mass is 16.2. The zero-order chi connectivity index (χ0) is 13.7. The van der Waals surface area contributed by atoms with Crippen LogP contribution in [0.4, 0.5) is 10.5 Å². The second-order valence-corrected chi connectivity index (χ2v) is 4.83. The van der Waals surface area contributed by atoms with E-state index in [-0.39, 0.29) is 6.03 Å². The molecule has 2 N–H and O–H groups in total. The molecule has 0 bridgehead atoms. The maximum Gasteiger partial charge on any atom is 0.321 e. The summed E-state index contributed by atoms with van der Waals surface area (Å²) >= 11 is 0. The molecule has 2 amide bonds. The molecule has 4 heteroatoms. The normalized spacial score (nSPS) is 15.4. The molecule has 2 rings (SSSR count). The van der Waals surface area contributed by atoms with E-state index in [1.807, 2.05) is 4.90 Å². The van der Waals surface area contributed by atoms with E-state index in [1.165, 1.54) is 11.1 Å². The molecule has 1 aromatic rings. The summed E-state index contributed by atoms with van der Waals surface area (Å²) in [4.78, 5) is 14.2. The summed E-state index contributed by atoms with van der Waals surface area (Å²) in [6.07, 6.45) is 1.87. The third-order valence-electron chi connectivity index (χ3n) is 3.63. The van der Waals surface area contributed by atoms with Crippen LogP contribution in [0.2, 0.25) is 0 Å². The lowest BCUT2D eigenvalue weighted by atomic mass is 10.0. The largest absolute Gasteiger partial charge is 0.322 e. The van der Waals surface area contributed by atoms with Crippen molar-refractivity contribution in [3.05, 3.63) is 29.3 Å². The van der Waals surface area contributed by atoms with Crippen molar-refractivity contribution in [3.8, 4) is 0 Å². The smallest absolute Gasteiger partial charge is 0.321 e. The molecule has 1 aliphatic rings. The number of amides is 2. The van der Waals surface area contributed by atoms with Crippen molar-refractivity contribution >= 4 is 11.7 Å². The van der Waals surface area contributed by atoms with Crippen molar-refractivity contribution in [2.24, 2.45) is 0 Å². The van der Waals surface area contributed by atoms with Crippen molar-refractivity contribution in [1.29, 1.82) is 0 Å². The van der Waals surface area contributed by atoms with Gasteiger partial charge in [-0.25, -0.2) is 4.79 Å². The number of rotatable bonds is 3. The van der Waals surface area contributed by atoms with Gasteiger partial charge < -0.3 is 15.5 Å². The number of hydrogen-bond acceptors (Lipinski definition) is 2. The number of carbonyl (C=O) groups is 1. The van der Waals surface area contributed by atoms with E-state index in [2.05, 4.69) is 42.7 Å². The van der Waals surface area contributed by atoms with Gasteiger partial charge in [0.25, 0.3) is 0 Å². The van der Waals surface area contributed by atoms with Crippen LogP contribution in [0, 0.1) is 0 Å². The first-order chi connectivity index (χ1) is 9.26. The molecule has 0 saturated carbocycles. The monoisotopic (exact) mass is 261 g/mol. The Labute approximate surface area is 115 Å². The summed E-state index contributed by atoms with van der Waals surface area (Å²) < 4.78 is 0. The van der Waals surface area contributed by atoms with Gasteiger partial charge in [-0.1, -0.05) is 32.0 Å². The minimum absolute atomic E-state index is 0.0251.